The van der Waals surface area contributed by atoms with Gasteiger partial charge in [0.2, 0.25) is 0 Å². The molecule has 1 atom stereocenters. The Balaban J connectivity index is 2.03. The van der Waals surface area contributed by atoms with E-state index < -0.39 is 6.61 Å². The monoisotopic (exact) mass is 268 g/mol. The number of alkyl halides is 2. The van der Waals surface area contributed by atoms with Gasteiger partial charge in [-0.25, -0.2) is 0 Å². The first-order valence-corrected chi connectivity index (χ1v) is 5.83. The standard InChI is InChI=1S/C13H14F2N2O2/c1-9(16-8-10-6-7-18-17-10)11-4-2-3-5-12(11)19-13(14)15/h2-7,9,13,16H,8H2,1H3. The Kier molecular flexibility index (Phi) is 4.46. The van der Waals surface area contributed by atoms with Crippen molar-refractivity contribution in [1.29, 1.82) is 0 Å². The Hall–Kier alpha value is -1.95. The van der Waals surface area contributed by atoms with Gasteiger partial charge in [0.05, 0.1) is 5.69 Å². The number of hydrogen-bond acceptors (Lipinski definition) is 4. The maximum absolute atomic E-state index is 12.3. The van der Waals surface area contributed by atoms with E-state index in [2.05, 4.69) is 15.2 Å². The van der Waals surface area contributed by atoms with Crippen LogP contribution in [0.3, 0.4) is 0 Å². The molecule has 0 amide bonds. The summed E-state index contributed by atoms with van der Waals surface area (Å²) in [5.74, 6) is 0.178. The largest absolute Gasteiger partial charge is 0.434 e. The van der Waals surface area contributed by atoms with Gasteiger partial charge < -0.3 is 14.6 Å². The number of nitrogens with zero attached hydrogens (tertiary/aromatic N) is 1. The van der Waals surface area contributed by atoms with Crippen LogP contribution in [0.2, 0.25) is 0 Å². The quantitative estimate of drug-likeness (QED) is 0.874. The summed E-state index contributed by atoms with van der Waals surface area (Å²) in [6.07, 6.45) is 1.48. The molecule has 6 heteroatoms. The summed E-state index contributed by atoms with van der Waals surface area (Å²) in [5, 5.41) is 6.93. The van der Waals surface area contributed by atoms with E-state index in [0.717, 1.165) is 5.69 Å². The lowest BCUT2D eigenvalue weighted by Crippen LogP contribution is -2.19. The molecule has 4 nitrogen and oxygen atoms in total. The first-order chi connectivity index (χ1) is 9.16. The molecular formula is C13H14F2N2O2. The van der Waals surface area contributed by atoms with Gasteiger partial charge in [0.1, 0.15) is 12.0 Å². The Morgan fingerprint density at radius 3 is 2.79 bits per heavy atom. The van der Waals surface area contributed by atoms with Crippen LogP contribution in [0.1, 0.15) is 24.2 Å². The molecule has 1 N–H and O–H groups in total. The molecule has 0 aliphatic heterocycles. The second-order valence-corrected chi connectivity index (χ2v) is 4.01. The minimum absolute atomic E-state index is 0.147. The number of aromatic nitrogens is 1. The molecule has 1 aromatic carbocycles. The zero-order valence-electron chi connectivity index (χ0n) is 10.3. The fraction of sp³-hybridized carbons (Fsp3) is 0.308. The lowest BCUT2D eigenvalue weighted by molar-refractivity contribution is -0.0506. The van der Waals surface area contributed by atoms with Crippen molar-refractivity contribution in [3.63, 3.8) is 0 Å². The van der Waals surface area contributed by atoms with E-state index in [-0.39, 0.29) is 11.8 Å². The third-order valence-corrected chi connectivity index (χ3v) is 2.68. The minimum Gasteiger partial charge on any atom is -0.434 e. The average molecular weight is 268 g/mol. The van der Waals surface area contributed by atoms with Crippen molar-refractivity contribution in [1.82, 2.24) is 10.5 Å². The zero-order chi connectivity index (χ0) is 13.7. The van der Waals surface area contributed by atoms with Crippen molar-refractivity contribution in [2.75, 3.05) is 0 Å². The number of ether oxygens (including phenoxy) is 1. The first-order valence-electron chi connectivity index (χ1n) is 5.83. The van der Waals surface area contributed by atoms with Crippen molar-refractivity contribution < 1.29 is 18.0 Å². The van der Waals surface area contributed by atoms with Gasteiger partial charge >= 0.3 is 6.61 Å². The predicted molar refractivity (Wildman–Crippen MR) is 64.8 cm³/mol. The average Bonchev–Trinajstić information content (AvgIpc) is 2.89. The Bertz CT molecular complexity index is 503. The first kappa shape index (κ1) is 13.5. The number of para-hydroxylation sites is 1. The van der Waals surface area contributed by atoms with Gasteiger partial charge in [0, 0.05) is 24.2 Å². The molecule has 0 aliphatic carbocycles. The number of nitrogens with one attached hydrogen (secondary N) is 1. The highest BCUT2D eigenvalue weighted by molar-refractivity contribution is 5.35. The topological polar surface area (TPSA) is 47.3 Å². The molecule has 0 radical (unpaired) electrons. The van der Waals surface area contributed by atoms with Crippen LogP contribution in [0.4, 0.5) is 8.78 Å². The van der Waals surface area contributed by atoms with Gasteiger partial charge in [-0.2, -0.15) is 8.78 Å². The normalized spacial score (nSPS) is 12.6. The van der Waals surface area contributed by atoms with Crippen molar-refractivity contribution in [3.05, 3.63) is 47.9 Å². The van der Waals surface area contributed by atoms with Crippen LogP contribution in [0, 0.1) is 0 Å². The van der Waals surface area contributed by atoms with Gasteiger partial charge in [-0.05, 0) is 13.0 Å². The van der Waals surface area contributed by atoms with E-state index in [1.165, 1.54) is 12.3 Å². The van der Waals surface area contributed by atoms with Crippen LogP contribution in [0.15, 0.2) is 41.1 Å². The van der Waals surface area contributed by atoms with E-state index in [1.54, 1.807) is 24.3 Å². The molecule has 0 saturated heterocycles. The second-order valence-electron chi connectivity index (χ2n) is 4.01. The fourth-order valence-electron chi connectivity index (χ4n) is 1.74. The van der Waals surface area contributed by atoms with Crippen LogP contribution in [-0.4, -0.2) is 11.8 Å². The van der Waals surface area contributed by atoms with Gasteiger partial charge in [-0.15, -0.1) is 0 Å². The number of halogens is 2. The van der Waals surface area contributed by atoms with Gasteiger partial charge in [0.25, 0.3) is 0 Å². The summed E-state index contributed by atoms with van der Waals surface area (Å²) in [5.41, 5.74) is 1.42. The van der Waals surface area contributed by atoms with Gasteiger partial charge in [-0.1, -0.05) is 23.4 Å². The van der Waals surface area contributed by atoms with Gasteiger partial charge in [-0.3, -0.25) is 0 Å². The van der Waals surface area contributed by atoms with Crippen LogP contribution in [0.5, 0.6) is 5.75 Å². The molecule has 0 bridgehead atoms. The van der Waals surface area contributed by atoms with E-state index in [9.17, 15) is 8.78 Å². The minimum atomic E-state index is -2.83. The Labute approximate surface area is 109 Å². The summed E-state index contributed by atoms with van der Waals surface area (Å²) in [6, 6.07) is 8.30. The second kappa shape index (κ2) is 6.29. The Morgan fingerprint density at radius 1 is 1.32 bits per heavy atom. The molecule has 0 spiro atoms. The van der Waals surface area contributed by atoms with Crippen LogP contribution in [0.25, 0.3) is 0 Å². The highest BCUT2D eigenvalue weighted by Crippen LogP contribution is 2.26. The lowest BCUT2D eigenvalue weighted by atomic mass is 10.1. The van der Waals surface area contributed by atoms with Gasteiger partial charge in [0.15, 0.2) is 0 Å². The summed E-state index contributed by atoms with van der Waals surface area (Å²) < 4.78 is 33.8. The maximum atomic E-state index is 12.3. The SMILES string of the molecule is CC(NCc1ccon1)c1ccccc1OC(F)F. The Morgan fingerprint density at radius 2 is 2.11 bits per heavy atom. The fourth-order valence-corrected chi connectivity index (χ4v) is 1.74. The molecular weight excluding hydrogens is 254 g/mol. The highest BCUT2D eigenvalue weighted by atomic mass is 19.3. The predicted octanol–water partition coefficient (Wildman–Crippen LogP) is 3.13. The molecule has 1 aromatic heterocycles. The molecule has 1 unspecified atom stereocenters. The van der Waals surface area contributed by atoms with Crippen LogP contribution < -0.4 is 10.1 Å². The summed E-state index contributed by atoms with van der Waals surface area (Å²) in [7, 11) is 0. The summed E-state index contributed by atoms with van der Waals surface area (Å²) in [4.78, 5) is 0. The van der Waals surface area contributed by atoms with E-state index in [0.29, 0.717) is 12.1 Å². The molecule has 2 rings (SSSR count). The summed E-state index contributed by atoms with van der Waals surface area (Å²) >= 11 is 0. The van der Waals surface area contributed by atoms with Crippen molar-refractivity contribution in [2.45, 2.75) is 26.1 Å². The van der Waals surface area contributed by atoms with Crippen molar-refractivity contribution in [3.8, 4) is 5.75 Å². The van der Waals surface area contributed by atoms with Crippen LogP contribution >= 0.6 is 0 Å². The van der Waals surface area contributed by atoms with Crippen LogP contribution in [-0.2, 0) is 6.54 Å². The summed E-state index contributed by atoms with van der Waals surface area (Å²) in [6.45, 7) is -0.474. The number of rotatable bonds is 6. The number of hydrogen-bond donors (Lipinski definition) is 1. The maximum Gasteiger partial charge on any atom is 0.387 e. The smallest absolute Gasteiger partial charge is 0.387 e. The third-order valence-electron chi connectivity index (χ3n) is 2.68. The van der Waals surface area contributed by atoms with E-state index in [1.807, 2.05) is 6.92 Å². The lowest BCUT2D eigenvalue weighted by Gasteiger charge is -2.17. The van der Waals surface area contributed by atoms with Crippen molar-refractivity contribution >= 4 is 0 Å². The van der Waals surface area contributed by atoms with E-state index in [4.69, 9.17) is 4.52 Å². The zero-order valence-corrected chi connectivity index (χ0v) is 10.3. The molecule has 0 aliphatic rings. The number of benzene rings is 1. The molecule has 0 fully saturated rings. The third kappa shape index (κ3) is 3.75. The van der Waals surface area contributed by atoms with Crippen molar-refractivity contribution in [2.24, 2.45) is 0 Å². The molecule has 2 aromatic rings. The molecule has 1 heterocycles. The molecule has 102 valence electrons. The molecule has 0 saturated carbocycles. The van der Waals surface area contributed by atoms with E-state index >= 15 is 0 Å². The highest BCUT2D eigenvalue weighted by Gasteiger charge is 2.14. The molecule has 19 heavy (non-hydrogen) atoms.